The molecule has 0 aliphatic carbocycles. The molecule has 1 rings (SSSR count). The van der Waals surface area contributed by atoms with Crippen molar-refractivity contribution in [2.45, 2.75) is 56.4 Å². The molecular formula is C13H20Cl3NO4. The zero-order valence-electron chi connectivity index (χ0n) is 12.4. The Labute approximate surface area is 139 Å². The summed E-state index contributed by atoms with van der Waals surface area (Å²) in [7, 11) is 0. The van der Waals surface area contributed by atoms with E-state index >= 15 is 0 Å². The van der Waals surface area contributed by atoms with E-state index in [9.17, 15) is 4.79 Å². The number of hydrogen-bond donors (Lipinski definition) is 1. The lowest BCUT2D eigenvalue weighted by atomic mass is 9.82. The van der Waals surface area contributed by atoms with Crippen LogP contribution in [0.5, 0.6) is 0 Å². The highest BCUT2D eigenvalue weighted by molar-refractivity contribution is 6.76. The molecule has 2 unspecified atom stereocenters. The summed E-state index contributed by atoms with van der Waals surface area (Å²) in [6.45, 7) is 7.25. The average Bonchev–Trinajstić information content (AvgIpc) is 2.36. The van der Waals surface area contributed by atoms with Crippen LogP contribution in [-0.4, -0.2) is 34.2 Å². The summed E-state index contributed by atoms with van der Waals surface area (Å²) in [5.41, 5.74) is 0. The zero-order chi connectivity index (χ0) is 16.4. The lowest BCUT2D eigenvalue weighted by Crippen LogP contribution is -2.53. The van der Waals surface area contributed by atoms with E-state index in [1.165, 1.54) is 6.92 Å². The van der Waals surface area contributed by atoms with Crippen LogP contribution in [0.3, 0.4) is 0 Å². The molecule has 1 fully saturated rings. The Morgan fingerprint density at radius 1 is 1.24 bits per heavy atom. The Bertz CT molecular complexity index is 399. The quantitative estimate of drug-likeness (QED) is 0.361. The third-order valence-electron chi connectivity index (χ3n) is 3.71. The fraction of sp³-hybridized carbons (Fsp3) is 0.846. The van der Waals surface area contributed by atoms with E-state index in [-0.39, 0.29) is 17.9 Å². The number of esters is 1. The first-order chi connectivity index (χ1) is 9.57. The highest BCUT2D eigenvalue weighted by Crippen LogP contribution is 2.36. The molecule has 0 aromatic heterocycles. The van der Waals surface area contributed by atoms with Gasteiger partial charge >= 0.3 is 5.97 Å². The number of rotatable bonds is 3. The van der Waals surface area contributed by atoms with Gasteiger partial charge in [-0.2, -0.15) is 0 Å². The first-order valence-corrected chi connectivity index (χ1v) is 7.86. The topological polar surface area (TPSA) is 68.6 Å². The van der Waals surface area contributed by atoms with Gasteiger partial charge in [0.2, 0.25) is 12.2 Å². The predicted molar refractivity (Wildman–Crippen MR) is 81.9 cm³/mol. The predicted octanol–water partition coefficient (Wildman–Crippen LogP) is 3.69. The van der Waals surface area contributed by atoms with Crippen molar-refractivity contribution in [1.82, 2.24) is 0 Å². The van der Waals surface area contributed by atoms with Gasteiger partial charge < -0.3 is 14.2 Å². The Balaban J connectivity index is 2.93. The van der Waals surface area contributed by atoms with Gasteiger partial charge in [-0.1, -0.05) is 55.6 Å². The Hall–Kier alpha value is -0.230. The maximum absolute atomic E-state index is 11.3. The number of nitrogens with one attached hydrogen (secondary N) is 1. The van der Waals surface area contributed by atoms with Crippen LogP contribution >= 0.6 is 34.8 Å². The number of hydrogen-bond acceptors (Lipinski definition) is 5. The second-order valence-corrected chi connectivity index (χ2v) is 7.47. The van der Waals surface area contributed by atoms with Crippen molar-refractivity contribution in [1.29, 1.82) is 5.41 Å². The summed E-state index contributed by atoms with van der Waals surface area (Å²) in [5.74, 6) is -0.861. The number of carbonyl (C=O) groups is 1. The third-order valence-corrected chi connectivity index (χ3v) is 4.22. The molecule has 5 nitrogen and oxygen atoms in total. The van der Waals surface area contributed by atoms with E-state index in [0.717, 1.165) is 6.42 Å². The molecule has 1 N–H and O–H groups in total. The monoisotopic (exact) mass is 359 g/mol. The van der Waals surface area contributed by atoms with Gasteiger partial charge in [0.05, 0.1) is 6.10 Å². The zero-order valence-corrected chi connectivity index (χ0v) is 14.6. The standard InChI is InChI=1S/C13H20Cl3NO4/c1-5-9-6(2)7(3)10(19-8(4)18)11(20-9)21-12(17)13(14,15)16/h6-7,9-11,17H,5H2,1-4H3/t6-,7-,9?,10?,11+/m0/s1. The molecule has 0 bridgehead atoms. The van der Waals surface area contributed by atoms with Crippen LogP contribution in [0, 0.1) is 17.2 Å². The Kier molecular flexibility index (Phi) is 6.59. The fourth-order valence-corrected chi connectivity index (χ4v) is 2.49. The minimum Gasteiger partial charge on any atom is -0.456 e. The van der Waals surface area contributed by atoms with Crippen molar-refractivity contribution in [3.05, 3.63) is 0 Å². The van der Waals surface area contributed by atoms with Gasteiger partial charge in [0.25, 0.3) is 3.79 Å². The molecule has 1 aliphatic heterocycles. The van der Waals surface area contributed by atoms with Gasteiger partial charge in [-0.25, -0.2) is 0 Å². The van der Waals surface area contributed by atoms with E-state index in [0.29, 0.717) is 0 Å². The Morgan fingerprint density at radius 2 is 1.81 bits per heavy atom. The summed E-state index contributed by atoms with van der Waals surface area (Å²) >= 11 is 16.8. The van der Waals surface area contributed by atoms with Gasteiger partial charge in [0, 0.05) is 12.8 Å². The van der Waals surface area contributed by atoms with E-state index in [2.05, 4.69) is 0 Å². The van der Waals surface area contributed by atoms with Gasteiger partial charge in [0.15, 0.2) is 6.10 Å². The van der Waals surface area contributed by atoms with E-state index < -0.39 is 28.1 Å². The normalized spacial score (nSPS) is 33.4. The summed E-state index contributed by atoms with van der Waals surface area (Å²) in [6.07, 6.45) is -0.944. The van der Waals surface area contributed by atoms with Crippen molar-refractivity contribution in [2.75, 3.05) is 0 Å². The van der Waals surface area contributed by atoms with Crippen LogP contribution in [0.2, 0.25) is 0 Å². The molecule has 0 radical (unpaired) electrons. The number of carbonyl (C=O) groups excluding carboxylic acids is 1. The van der Waals surface area contributed by atoms with Gasteiger partial charge in [-0.3, -0.25) is 10.2 Å². The molecule has 8 heteroatoms. The summed E-state index contributed by atoms with van der Waals surface area (Å²) in [4.78, 5) is 11.3. The van der Waals surface area contributed by atoms with E-state index in [1.807, 2.05) is 20.8 Å². The van der Waals surface area contributed by atoms with Crippen molar-refractivity contribution in [3.8, 4) is 0 Å². The molecule has 5 atom stereocenters. The minimum absolute atomic E-state index is 0.0132. The maximum Gasteiger partial charge on any atom is 0.303 e. The largest absolute Gasteiger partial charge is 0.456 e. The lowest BCUT2D eigenvalue weighted by molar-refractivity contribution is -0.251. The SMILES string of the molecule is CCC1O[C@H](OC(=N)C(Cl)(Cl)Cl)C(OC(C)=O)[C@@H](C)[C@@H]1C. The van der Waals surface area contributed by atoms with Crippen LogP contribution < -0.4 is 0 Å². The second kappa shape index (κ2) is 7.36. The molecular weight excluding hydrogens is 341 g/mol. The van der Waals surface area contributed by atoms with Crippen molar-refractivity contribution >= 4 is 46.7 Å². The van der Waals surface area contributed by atoms with Gasteiger partial charge in [-0.05, 0) is 12.3 Å². The van der Waals surface area contributed by atoms with Crippen molar-refractivity contribution < 1.29 is 19.0 Å². The Morgan fingerprint density at radius 3 is 2.24 bits per heavy atom. The smallest absolute Gasteiger partial charge is 0.303 e. The molecule has 1 heterocycles. The first kappa shape index (κ1) is 18.8. The van der Waals surface area contributed by atoms with Crippen LogP contribution in [-0.2, 0) is 19.0 Å². The van der Waals surface area contributed by atoms with E-state index in [4.69, 9.17) is 54.4 Å². The molecule has 122 valence electrons. The lowest BCUT2D eigenvalue weighted by Gasteiger charge is -2.43. The minimum atomic E-state index is -1.99. The average molecular weight is 361 g/mol. The number of halogens is 3. The maximum atomic E-state index is 11.3. The summed E-state index contributed by atoms with van der Waals surface area (Å²) in [5, 5.41) is 7.65. The summed E-state index contributed by atoms with van der Waals surface area (Å²) < 4.78 is 14.4. The number of alkyl halides is 3. The van der Waals surface area contributed by atoms with Crippen LogP contribution in [0.15, 0.2) is 0 Å². The highest BCUT2D eigenvalue weighted by Gasteiger charge is 2.46. The molecule has 1 aliphatic rings. The first-order valence-electron chi connectivity index (χ1n) is 6.73. The molecule has 0 aromatic carbocycles. The van der Waals surface area contributed by atoms with Gasteiger partial charge in [-0.15, -0.1) is 0 Å². The fourth-order valence-electron chi connectivity index (χ4n) is 2.36. The molecule has 0 amide bonds. The summed E-state index contributed by atoms with van der Waals surface area (Å²) in [6, 6.07) is 0. The second-order valence-electron chi connectivity index (χ2n) is 5.19. The molecule has 21 heavy (non-hydrogen) atoms. The molecule has 0 aromatic rings. The number of ether oxygens (including phenoxy) is 3. The van der Waals surface area contributed by atoms with Crippen molar-refractivity contribution in [3.63, 3.8) is 0 Å². The molecule has 0 spiro atoms. The van der Waals surface area contributed by atoms with Crippen LogP contribution in [0.4, 0.5) is 0 Å². The van der Waals surface area contributed by atoms with E-state index in [1.54, 1.807) is 0 Å². The molecule has 1 saturated heterocycles. The highest BCUT2D eigenvalue weighted by atomic mass is 35.6. The third kappa shape index (κ3) is 4.88. The van der Waals surface area contributed by atoms with Gasteiger partial charge in [0.1, 0.15) is 0 Å². The molecule has 0 saturated carbocycles. The van der Waals surface area contributed by atoms with Crippen LogP contribution in [0.25, 0.3) is 0 Å². The van der Waals surface area contributed by atoms with Crippen LogP contribution in [0.1, 0.15) is 34.1 Å². The van der Waals surface area contributed by atoms with Crippen molar-refractivity contribution in [2.24, 2.45) is 11.8 Å².